The average Bonchev–Trinajstić information content (AvgIpc) is 2.14. The molecule has 0 atom stereocenters. The van der Waals surface area contributed by atoms with E-state index in [9.17, 15) is 13.6 Å². The van der Waals surface area contributed by atoms with Crippen molar-refractivity contribution >= 4 is 5.97 Å². The summed E-state index contributed by atoms with van der Waals surface area (Å²) >= 11 is 0. The van der Waals surface area contributed by atoms with Gasteiger partial charge in [0.1, 0.15) is 0 Å². The van der Waals surface area contributed by atoms with E-state index in [4.69, 9.17) is 4.84 Å². The number of nitrogens with one attached hydrogen (secondary N) is 1. The van der Waals surface area contributed by atoms with Gasteiger partial charge in [-0.05, 0) is 33.6 Å². The molecule has 16 heavy (non-hydrogen) atoms. The minimum absolute atomic E-state index is 0.141. The monoisotopic (exact) mass is 235 g/mol. The Bertz CT molecular complexity index is 251. The van der Waals surface area contributed by atoms with Crippen molar-refractivity contribution in [2.24, 2.45) is 5.41 Å². The van der Waals surface area contributed by atoms with Gasteiger partial charge < -0.3 is 4.84 Å². The lowest BCUT2D eigenvalue weighted by Crippen LogP contribution is -2.40. The van der Waals surface area contributed by atoms with Gasteiger partial charge in [0.25, 0.3) is 0 Å². The second-order valence-electron chi connectivity index (χ2n) is 5.39. The summed E-state index contributed by atoms with van der Waals surface area (Å²) in [7, 11) is 0. The molecule has 0 aromatic carbocycles. The fourth-order valence-corrected chi connectivity index (χ4v) is 1.45. The van der Waals surface area contributed by atoms with Gasteiger partial charge in [-0.25, -0.2) is 13.6 Å². The molecule has 0 aliphatic heterocycles. The molecular weight excluding hydrogens is 216 g/mol. The summed E-state index contributed by atoms with van der Waals surface area (Å²) in [6, 6.07) is -0.147. The maximum absolute atomic E-state index is 12.8. The molecule has 0 bridgehead atoms. The molecule has 0 aromatic rings. The van der Waals surface area contributed by atoms with E-state index in [1.807, 2.05) is 0 Å². The minimum Gasteiger partial charge on any atom is -0.370 e. The van der Waals surface area contributed by atoms with Crippen molar-refractivity contribution in [1.82, 2.24) is 5.48 Å². The number of rotatable bonds is 2. The molecule has 0 saturated heterocycles. The standard InChI is InChI=1S/C11H19F2NO2/c1-10(2,3)9(15)16-14-8-4-6-11(12,13)7-5-8/h8,14H,4-7H2,1-3H3. The van der Waals surface area contributed by atoms with Crippen molar-refractivity contribution in [3.63, 3.8) is 0 Å². The van der Waals surface area contributed by atoms with Crippen LogP contribution in [0.4, 0.5) is 8.78 Å². The van der Waals surface area contributed by atoms with Gasteiger partial charge in [-0.3, -0.25) is 0 Å². The Morgan fingerprint density at radius 1 is 1.31 bits per heavy atom. The molecule has 0 unspecified atom stereocenters. The van der Waals surface area contributed by atoms with Gasteiger partial charge >= 0.3 is 5.97 Å². The van der Waals surface area contributed by atoms with Crippen LogP contribution in [-0.4, -0.2) is 17.9 Å². The maximum Gasteiger partial charge on any atom is 0.329 e. The molecule has 1 aliphatic rings. The largest absolute Gasteiger partial charge is 0.370 e. The molecule has 0 radical (unpaired) electrons. The molecular formula is C11H19F2NO2. The fourth-order valence-electron chi connectivity index (χ4n) is 1.45. The van der Waals surface area contributed by atoms with Gasteiger partial charge in [0.2, 0.25) is 5.92 Å². The molecule has 1 fully saturated rings. The van der Waals surface area contributed by atoms with Gasteiger partial charge in [-0.15, -0.1) is 0 Å². The Morgan fingerprint density at radius 3 is 2.25 bits per heavy atom. The molecule has 1 rings (SSSR count). The molecule has 3 nitrogen and oxygen atoms in total. The van der Waals surface area contributed by atoms with Crippen molar-refractivity contribution in [3.8, 4) is 0 Å². The summed E-state index contributed by atoms with van der Waals surface area (Å²) < 4.78 is 25.7. The number of hydroxylamine groups is 1. The van der Waals surface area contributed by atoms with Gasteiger partial charge in [0.05, 0.1) is 5.41 Å². The first kappa shape index (κ1) is 13.4. The highest BCUT2D eigenvalue weighted by Gasteiger charge is 2.35. The summed E-state index contributed by atoms with van der Waals surface area (Å²) in [6.45, 7) is 5.23. The topological polar surface area (TPSA) is 38.3 Å². The minimum atomic E-state index is -2.55. The Kier molecular flexibility index (Phi) is 3.88. The molecule has 0 heterocycles. The van der Waals surface area contributed by atoms with E-state index >= 15 is 0 Å². The van der Waals surface area contributed by atoms with Crippen molar-refractivity contribution in [2.45, 2.75) is 58.4 Å². The average molecular weight is 235 g/mol. The van der Waals surface area contributed by atoms with Gasteiger partial charge in [0, 0.05) is 18.9 Å². The van der Waals surface area contributed by atoms with Crippen molar-refractivity contribution in [3.05, 3.63) is 0 Å². The first-order chi connectivity index (χ1) is 7.21. The van der Waals surface area contributed by atoms with Gasteiger partial charge in [0.15, 0.2) is 0 Å². The van der Waals surface area contributed by atoms with Crippen LogP contribution in [0.5, 0.6) is 0 Å². The summed E-state index contributed by atoms with van der Waals surface area (Å²) in [6.07, 6.45) is 0.393. The molecule has 1 saturated carbocycles. The van der Waals surface area contributed by atoms with Crippen LogP contribution in [0.3, 0.4) is 0 Å². The molecule has 0 amide bonds. The lowest BCUT2D eigenvalue weighted by molar-refractivity contribution is -0.164. The summed E-state index contributed by atoms with van der Waals surface area (Å²) in [4.78, 5) is 16.3. The first-order valence-corrected chi connectivity index (χ1v) is 5.55. The molecule has 5 heteroatoms. The van der Waals surface area contributed by atoms with E-state index in [0.717, 1.165) is 0 Å². The van der Waals surface area contributed by atoms with Crippen LogP contribution in [0.25, 0.3) is 0 Å². The highest BCUT2D eigenvalue weighted by molar-refractivity contribution is 5.75. The number of halogens is 2. The normalized spacial score (nSPS) is 21.8. The Balaban J connectivity index is 2.28. The lowest BCUT2D eigenvalue weighted by Gasteiger charge is -2.28. The number of alkyl halides is 2. The van der Waals surface area contributed by atoms with Gasteiger partial charge in [-0.2, -0.15) is 5.48 Å². The van der Waals surface area contributed by atoms with Crippen LogP contribution in [0.1, 0.15) is 46.5 Å². The highest BCUT2D eigenvalue weighted by Crippen LogP contribution is 2.33. The third kappa shape index (κ3) is 4.04. The van der Waals surface area contributed by atoms with E-state index in [0.29, 0.717) is 12.8 Å². The molecule has 94 valence electrons. The summed E-state index contributed by atoms with van der Waals surface area (Å²) in [5, 5.41) is 0. The SMILES string of the molecule is CC(C)(C)C(=O)ONC1CCC(F)(F)CC1. The maximum atomic E-state index is 12.8. The summed E-state index contributed by atoms with van der Waals surface area (Å²) in [5.41, 5.74) is 2.01. The highest BCUT2D eigenvalue weighted by atomic mass is 19.3. The van der Waals surface area contributed by atoms with Crippen LogP contribution in [-0.2, 0) is 9.63 Å². The zero-order chi connectivity index (χ0) is 12.4. The second-order valence-corrected chi connectivity index (χ2v) is 5.39. The fraction of sp³-hybridized carbons (Fsp3) is 0.909. The quantitative estimate of drug-likeness (QED) is 0.748. The molecule has 0 aromatic heterocycles. The van der Waals surface area contributed by atoms with E-state index in [-0.39, 0.29) is 24.9 Å². The Labute approximate surface area is 94.5 Å². The van der Waals surface area contributed by atoms with Crippen LogP contribution >= 0.6 is 0 Å². The van der Waals surface area contributed by atoms with Crippen LogP contribution in [0.15, 0.2) is 0 Å². The van der Waals surface area contributed by atoms with E-state index in [2.05, 4.69) is 5.48 Å². The molecule has 1 aliphatic carbocycles. The van der Waals surface area contributed by atoms with Crippen LogP contribution in [0.2, 0.25) is 0 Å². The molecule has 0 spiro atoms. The number of carbonyl (C=O) groups excluding carboxylic acids is 1. The Morgan fingerprint density at radius 2 is 1.81 bits per heavy atom. The number of hydrogen-bond acceptors (Lipinski definition) is 3. The lowest BCUT2D eigenvalue weighted by atomic mass is 9.93. The van der Waals surface area contributed by atoms with Crippen LogP contribution in [0, 0.1) is 5.41 Å². The second kappa shape index (κ2) is 4.65. The Hall–Kier alpha value is -0.710. The van der Waals surface area contributed by atoms with E-state index in [1.54, 1.807) is 20.8 Å². The zero-order valence-electron chi connectivity index (χ0n) is 9.98. The number of carbonyl (C=O) groups is 1. The number of hydrogen-bond donors (Lipinski definition) is 1. The third-order valence-electron chi connectivity index (χ3n) is 2.65. The van der Waals surface area contributed by atoms with Crippen molar-refractivity contribution in [1.29, 1.82) is 0 Å². The predicted octanol–water partition coefficient (Wildman–Crippen LogP) is 2.66. The third-order valence-corrected chi connectivity index (χ3v) is 2.65. The van der Waals surface area contributed by atoms with Crippen LogP contribution < -0.4 is 5.48 Å². The van der Waals surface area contributed by atoms with Crippen molar-refractivity contribution < 1.29 is 18.4 Å². The molecule has 1 N–H and O–H groups in total. The summed E-state index contributed by atoms with van der Waals surface area (Å²) in [5.74, 6) is -2.92. The zero-order valence-corrected chi connectivity index (χ0v) is 9.98. The smallest absolute Gasteiger partial charge is 0.329 e. The predicted molar refractivity (Wildman–Crippen MR) is 55.9 cm³/mol. The van der Waals surface area contributed by atoms with E-state index < -0.39 is 11.3 Å². The van der Waals surface area contributed by atoms with Crippen molar-refractivity contribution in [2.75, 3.05) is 0 Å². The first-order valence-electron chi connectivity index (χ1n) is 5.55. The van der Waals surface area contributed by atoms with Gasteiger partial charge in [-0.1, -0.05) is 0 Å². The van der Waals surface area contributed by atoms with E-state index in [1.165, 1.54) is 0 Å².